The molecule has 3 aromatic rings. The Morgan fingerprint density at radius 2 is 1.62 bits per heavy atom. The van der Waals surface area contributed by atoms with Gasteiger partial charge in [-0.3, -0.25) is 9.59 Å². The molecule has 1 aliphatic heterocycles. The Labute approximate surface area is 198 Å². The standard InChI is InChI=1S/C27H28N2O5/c1-28-15-18(17-11-6-7-12-19(17)28)24-23(26(31)27(32)29(24)16-9-4-5-10-16)25(30)22-20(33-2)13-8-14-21(22)34-3/h6-8,11-16,24,30H,4-5,9-10H2,1-3H3/b25-23+. The summed E-state index contributed by atoms with van der Waals surface area (Å²) in [4.78, 5) is 28.7. The Balaban J connectivity index is 1.80. The zero-order chi connectivity index (χ0) is 24.0. The van der Waals surface area contributed by atoms with Gasteiger partial charge >= 0.3 is 0 Å². The summed E-state index contributed by atoms with van der Waals surface area (Å²) < 4.78 is 13.0. The Bertz CT molecular complexity index is 1290. The van der Waals surface area contributed by atoms with Gasteiger partial charge in [0, 0.05) is 35.8 Å². The van der Waals surface area contributed by atoms with E-state index in [4.69, 9.17) is 9.47 Å². The molecule has 0 radical (unpaired) electrons. The van der Waals surface area contributed by atoms with Crippen LogP contribution in [0.3, 0.4) is 0 Å². The summed E-state index contributed by atoms with van der Waals surface area (Å²) in [6, 6.07) is 12.3. The van der Waals surface area contributed by atoms with Gasteiger partial charge in [0.2, 0.25) is 0 Å². The van der Waals surface area contributed by atoms with Crippen molar-refractivity contribution in [3.05, 3.63) is 65.4 Å². The monoisotopic (exact) mass is 460 g/mol. The van der Waals surface area contributed by atoms with Crippen molar-refractivity contribution in [2.75, 3.05) is 14.2 Å². The SMILES string of the molecule is COc1cccc(OC)c1/C(O)=C1\C(=O)C(=O)N(C2CCCC2)C1c1cn(C)c2ccccc12. The van der Waals surface area contributed by atoms with Crippen LogP contribution in [0.15, 0.2) is 54.2 Å². The third-order valence-electron chi connectivity index (χ3n) is 7.09. The van der Waals surface area contributed by atoms with Crippen LogP contribution in [0.25, 0.3) is 16.7 Å². The largest absolute Gasteiger partial charge is 0.506 e. The maximum atomic E-state index is 13.5. The molecule has 2 heterocycles. The fraction of sp³-hybridized carbons (Fsp3) is 0.333. The number of aryl methyl sites for hydroxylation is 1. The number of hydrogen-bond donors (Lipinski definition) is 1. The molecule has 1 saturated carbocycles. The van der Waals surface area contributed by atoms with Gasteiger partial charge in [-0.1, -0.05) is 37.1 Å². The summed E-state index contributed by atoms with van der Waals surface area (Å²) in [6.45, 7) is 0. The highest BCUT2D eigenvalue weighted by Gasteiger charge is 2.50. The lowest BCUT2D eigenvalue weighted by Gasteiger charge is -2.30. The van der Waals surface area contributed by atoms with Gasteiger partial charge in [0.1, 0.15) is 22.8 Å². The average Bonchev–Trinajstić information content (AvgIpc) is 3.56. The van der Waals surface area contributed by atoms with Crippen LogP contribution in [0.1, 0.15) is 42.9 Å². The van der Waals surface area contributed by atoms with Gasteiger partial charge in [-0.25, -0.2) is 0 Å². The second kappa shape index (κ2) is 8.56. The Hall–Kier alpha value is -3.74. The fourth-order valence-corrected chi connectivity index (χ4v) is 5.52. The van der Waals surface area contributed by atoms with Gasteiger partial charge < -0.3 is 24.0 Å². The van der Waals surface area contributed by atoms with E-state index in [0.717, 1.165) is 42.1 Å². The van der Waals surface area contributed by atoms with Crippen LogP contribution in [0.4, 0.5) is 0 Å². The number of likely N-dealkylation sites (tertiary alicyclic amines) is 1. The molecule has 7 nitrogen and oxygen atoms in total. The van der Waals surface area contributed by atoms with Crippen LogP contribution < -0.4 is 9.47 Å². The second-order valence-electron chi connectivity index (χ2n) is 8.89. The fourth-order valence-electron chi connectivity index (χ4n) is 5.52. The number of amides is 1. The number of para-hydroxylation sites is 1. The number of nitrogens with zero attached hydrogens (tertiary/aromatic N) is 2. The number of fused-ring (bicyclic) bond motifs is 1. The first-order valence-corrected chi connectivity index (χ1v) is 11.5. The maximum absolute atomic E-state index is 13.5. The third-order valence-corrected chi connectivity index (χ3v) is 7.09. The van der Waals surface area contributed by atoms with Crippen LogP contribution in [0.2, 0.25) is 0 Å². The molecule has 1 amide bonds. The molecular formula is C27H28N2O5. The van der Waals surface area contributed by atoms with E-state index >= 15 is 0 Å². The maximum Gasteiger partial charge on any atom is 0.295 e. The number of aliphatic hydroxyl groups is 1. The van der Waals surface area contributed by atoms with E-state index in [2.05, 4.69) is 0 Å². The predicted molar refractivity (Wildman–Crippen MR) is 129 cm³/mol. The van der Waals surface area contributed by atoms with E-state index in [9.17, 15) is 14.7 Å². The smallest absolute Gasteiger partial charge is 0.295 e. The van der Waals surface area contributed by atoms with Crippen LogP contribution in [-0.2, 0) is 16.6 Å². The van der Waals surface area contributed by atoms with Crippen molar-refractivity contribution in [2.24, 2.45) is 7.05 Å². The van der Waals surface area contributed by atoms with E-state index < -0.39 is 17.7 Å². The third kappa shape index (κ3) is 3.26. The summed E-state index contributed by atoms with van der Waals surface area (Å²) in [5.41, 5.74) is 2.14. The first kappa shape index (κ1) is 22.1. The molecule has 7 heteroatoms. The van der Waals surface area contributed by atoms with Crippen LogP contribution >= 0.6 is 0 Å². The average molecular weight is 461 g/mol. The molecule has 2 aromatic carbocycles. The van der Waals surface area contributed by atoms with E-state index in [0.29, 0.717) is 11.5 Å². The zero-order valence-electron chi connectivity index (χ0n) is 19.6. The Kier molecular flexibility index (Phi) is 5.55. The number of aromatic nitrogens is 1. The number of rotatable bonds is 5. The predicted octanol–water partition coefficient (Wildman–Crippen LogP) is 4.56. The normalized spacial score (nSPS) is 20.4. The van der Waals surface area contributed by atoms with Crippen LogP contribution in [0, 0.1) is 0 Å². The number of Topliss-reactive ketones (excluding diaryl/α,β-unsaturated/α-hetero) is 1. The number of carbonyl (C=O) groups is 2. The summed E-state index contributed by atoms with van der Waals surface area (Å²) >= 11 is 0. The van der Waals surface area contributed by atoms with Crippen molar-refractivity contribution in [3.63, 3.8) is 0 Å². The lowest BCUT2D eigenvalue weighted by Crippen LogP contribution is -2.37. The molecule has 34 heavy (non-hydrogen) atoms. The Morgan fingerprint density at radius 1 is 0.971 bits per heavy atom. The molecule has 0 bridgehead atoms. The molecule has 2 fully saturated rings. The number of ketones is 1. The van der Waals surface area contributed by atoms with E-state index in [1.807, 2.05) is 42.1 Å². The lowest BCUT2D eigenvalue weighted by atomic mass is 9.93. The second-order valence-corrected chi connectivity index (χ2v) is 8.89. The topological polar surface area (TPSA) is 81.0 Å². The number of aliphatic hydroxyl groups excluding tert-OH is 1. The number of benzene rings is 2. The first-order valence-electron chi connectivity index (χ1n) is 11.5. The molecule has 2 aliphatic rings. The highest BCUT2D eigenvalue weighted by molar-refractivity contribution is 6.47. The number of hydrogen-bond acceptors (Lipinski definition) is 5. The minimum atomic E-state index is -0.705. The molecule has 0 spiro atoms. The minimum Gasteiger partial charge on any atom is -0.506 e. The van der Waals surface area contributed by atoms with Gasteiger partial charge in [0.15, 0.2) is 0 Å². The number of ether oxygens (including phenoxy) is 2. The first-order chi connectivity index (χ1) is 16.5. The molecule has 176 valence electrons. The van der Waals surface area contributed by atoms with Gasteiger partial charge in [-0.05, 0) is 31.0 Å². The molecule has 1 atom stereocenters. The molecular weight excluding hydrogens is 432 g/mol. The van der Waals surface area contributed by atoms with E-state index in [1.54, 1.807) is 23.1 Å². The van der Waals surface area contributed by atoms with Crippen molar-refractivity contribution in [1.29, 1.82) is 0 Å². The van der Waals surface area contributed by atoms with E-state index in [-0.39, 0.29) is 22.9 Å². The summed E-state index contributed by atoms with van der Waals surface area (Å²) in [7, 11) is 4.92. The zero-order valence-corrected chi connectivity index (χ0v) is 19.6. The van der Waals surface area contributed by atoms with E-state index in [1.165, 1.54) is 14.2 Å². The highest BCUT2D eigenvalue weighted by atomic mass is 16.5. The van der Waals surface area contributed by atoms with Crippen molar-refractivity contribution >= 4 is 28.4 Å². The number of carbonyl (C=O) groups excluding carboxylic acids is 2. The van der Waals surface area contributed by atoms with Gasteiger partial charge in [-0.2, -0.15) is 0 Å². The highest BCUT2D eigenvalue weighted by Crippen LogP contribution is 2.47. The lowest BCUT2D eigenvalue weighted by molar-refractivity contribution is -0.141. The Morgan fingerprint density at radius 3 is 2.26 bits per heavy atom. The summed E-state index contributed by atoms with van der Waals surface area (Å²) in [5.74, 6) is -0.817. The molecule has 1 unspecified atom stereocenters. The molecule has 1 aromatic heterocycles. The van der Waals surface area contributed by atoms with Crippen LogP contribution in [0.5, 0.6) is 11.5 Å². The van der Waals surface area contributed by atoms with Crippen molar-refractivity contribution in [3.8, 4) is 11.5 Å². The van der Waals surface area contributed by atoms with Crippen LogP contribution in [-0.4, -0.2) is 46.5 Å². The quantitative estimate of drug-likeness (QED) is 0.343. The molecule has 1 saturated heterocycles. The van der Waals surface area contributed by atoms with Crippen molar-refractivity contribution in [1.82, 2.24) is 9.47 Å². The molecule has 1 N–H and O–H groups in total. The van der Waals surface area contributed by atoms with Crippen molar-refractivity contribution < 1.29 is 24.2 Å². The summed E-state index contributed by atoms with van der Waals surface area (Å²) in [5, 5.41) is 12.6. The minimum absolute atomic E-state index is 0.0507. The molecule has 5 rings (SSSR count). The van der Waals surface area contributed by atoms with Gasteiger partial charge in [0.05, 0.1) is 25.8 Å². The van der Waals surface area contributed by atoms with Gasteiger partial charge in [0.25, 0.3) is 11.7 Å². The van der Waals surface area contributed by atoms with Crippen molar-refractivity contribution in [2.45, 2.75) is 37.8 Å². The summed E-state index contributed by atoms with van der Waals surface area (Å²) in [6.07, 6.45) is 5.65. The van der Waals surface area contributed by atoms with Gasteiger partial charge in [-0.15, -0.1) is 0 Å². The molecule has 1 aliphatic carbocycles. The number of methoxy groups -OCH3 is 2.